The van der Waals surface area contributed by atoms with E-state index in [1.165, 1.54) is 11.1 Å². The second kappa shape index (κ2) is 4.35. The van der Waals surface area contributed by atoms with E-state index in [0.29, 0.717) is 0 Å². The molecule has 0 saturated heterocycles. The molecule has 1 aliphatic rings. The number of hydrogen-bond donors (Lipinski definition) is 0. The molecule has 98 valence electrons. The van der Waals surface area contributed by atoms with Gasteiger partial charge in [-0.1, -0.05) is 66.7 Å². The largest absolute Gasteiger partial charge is 0.198 e. The summed E-state index contributed by atoms with van der Waals surface area (Å²) < 4.78 is 0. The number of nitrogens with zero attached hydrogens (tertiary/aromatic N) is 1. The molecule has 0 spiro atoms. The molecular weight excluding hydrogens is 242 g/mol. The lowest BCUT2D eigenvalue weighted by atomic mass is 9.81. The van der Waals surface area contributed by atoms with Gasteiger partial charge < -0.3 is 0 Å². The Balaban J connectivity index is 2.27. The lowest BCUT2D eigenvalue weighted by Crippen LogP contribution is -2.17. The number of rotatable bonds is 3. The molecule has 1 aliphatic carbocycles. The van der Waals surface area contributed by atoms with Gasteiger partial charge in [-0.15, -0.1) is 6.58 Å². The fourth-order valence-electron chi connectivity index (χ4n) is 3.75. The van der Waals surface area contributed by atoms with Crippen molar-refractivity contribution in [2.45, 2.75) is 12.3 Å². The summed E-state index contributed by atoms with van der Waals surface area (Å²) in [5.41, 5.74) is 1.68. The molecule has 2 unspecified atom stereocenters. The minimum atomic E-state index is -0.433. The third-order valence-electron chi connectivity index (χ3n) is 4.75. The highest BCUT2D eigenvalue weighted by molar-refractivity contribution is 5.57. The summed E-state index contributed by atoms with van der Waals surface area (Å²) in [6.07, 6.45) is 1.93. The lowest BCUT2D eigenvalue weighted by molar-refractivity contribution is 0.630. The molecule has 1 fully saturated rings. The highest BCUT2D eigenvalue weighted by atomic mass is 14.7. The summed E-state index contributed by atoms with van der Waals surface area (Å²) in [6, 6.07) is 23.2. The van der Waals surface area contributed by atoms with Gasteiger partial charge in [0, 0.05) is 11.3 Å². The fourth-order valence-corrected chi connectivity index (χ4v) is 3.75. The van der Waals surface area contributed by atoms with Crippen LogP contribution in [0.1, 0.15) is 18.1 Å². The predicted octanol–water partition coefficient (Wildman–Crippen LogP) is 4.32. The molecule has 2 aromatic rings. The van der Waals surface area contributed by atoms with E-state index in [9.17, 15) is 5.26 Å². The van der Waals surface area contributed by atoms with Gasteiger partial charge in [0.25, 0.3) is 0 Å². The van der Waals surface area contributed by atoms with Crippen LogP contribution in [0, 0.1) is 22.7 Å². The van der Waals surface area contributed by atoms with Crippen molar-refractivity contribution < 1.29 is 0 Å². The van der Waals surface area contributed by atoms with Crippen molar-refractivity contribution in [2.24, 2.45) is 11.3 Å². The van der Waals surface area contributed by atoms with Crippen LogP contribution < -0.4 is 0 Å². The number of nitriles is 1. The fraction of sp³-hybridized carbons (Fsp3) is 0.211. The van der Waals surface area contributed by atoms with E-state index >= 15 is 0 Å². The molecule has 0 amide bonds. The van der Waals surface area contributed by atoms with Gasteiger partial charge in [0.2, 0.25) is 0 Å². The molecule has 0 aliphatic heterocycles. The van der Waals surface area contributed by atoms with E-state index < -0.39 is 5.41 Å². The topological polar surface area (TPSA) is 23.8 Å². The third-order valence-corrected chi connectivity index (χ3v) is 4.75. The quantitative estimate of drug-likeness (QED) is 0.753. The van der Waals surface area contributed by atoms with Gasteiger partial charge in [-0.3, -0.25) is 0 Å². The number of hydrogen-bond acceptors (Lipinski definition) is 1. The minimum Gasteiger partial charge on any atom is -0.198 e. The maximum atomic E-state index is 9.73. The van der Waals surface area contributed by atoms with Gasteiger partial charge in [0.15, 0.2) is 0 Å². The third kappa shape index (κ3) is 1.37. The number of benzene rings is 2. The second-order valence-electron chi connectivity index (χ2n) is 5.57. The standard InChI is InChI=1S/C19H17N/c1-3-17-18(2,14-20)19(17,15-10-6-4-7-11-15)16-12-8-5-9-13-16/h3-13,17H,1H2,2H3. The first-order valence-electron chi connectivity index (χ1n) is 6.86. The molecule has 0 aromatic heterocycles. The second-order valence-corrected chi connectivity index (χ2v) is 5.57. The molecule has 0 heterocycles. The van der Waals surface area contributed by atoms with Crippen molar-refractivity contribution in [3.8, 4) is 6.07 Å². The van der Waals surface area contributed by atoms with E-state index in [2.05, 4.69) is 36.9 Å². The van der Waals surface area contributed by atoms with Crippen LogP contribution in [0.25, 0.3) is 0 Å². The Bertz CT molecular complexity index is 626. The first-order chi connectivity index (χ1) is 9.71. The zero-order chi connectivity index (χ0) is 14.2. The molecule has 1 heteroatoms. The zero-order valence-electron chi connectivity index (χ0n) is 11.6. The first kappa shape index (κ1) is 12.7. The molecule has 0 radical (unpaired) electrons. The SMILES string of the molecule is C=CC1C(C)(C#N)C1(c1ccccc1)c1ccccc1. The van der Waals surface area contributed by atoms with Gasteiger partial charge in [0.05, 0.1) is 11.5 Å². The van der Waals surface area contributed by atoms with Gasteiger partial charge in [-0.2, -0.15) is 5.26 Å². The monoisotopic (exact) mass is 259 g/mol. The van der Waals surface area contributed by atoms with Gasteiger partial charge in [-0.25, -0.2) is 0 Å². The molecule has 0 N–H and O–H groups in total. The first-order valence-corrected chi connectivity index (χ1v) is 6.86. The van der Waals surface area contributed by atoms with Crippen LogP contribution in [0.2, 0.25) is 0 Å². The van der Waals surface area contributed by atoms with Gasteiger partial charge >= 0.3 is 0 Å². The molecule has 20 heavy (non-hydrogen) atoms. The van der Waals surface area contributed by atoms with Crippen LogP contribution in [0.3, 0.4) is 0 Å². The highest BCUT2D eigenvalue weighted by Crippen LogP contribution is 2.72. The summed E-state index contributed by atoms with van der Waals surface area (Å²) in [6.45, 7) is 6.00. The molecule has 2 aromatic carbocycles. The van der Waals surface area contributed by atoms with Crippen LogP contribution in [-0.2, 0) is 5.41 Å². The van der Waals surface area contributed by atoms with Crippen LogP contribution in [0.5, 0.6) is 0 Å². The van der Waals surface area contributed by atoms with E-state index in [4.69, 9.17) is 0 Å². The normalized spacial score (nSPS) is 26.5. The highest BCUT2D eigenvalue weighted by Gasteiger charge is 2.74. The maximum Gasteiger partial charge on any atom is 0.0763 e. The van der Waals surface area contributed by atoms with E-state index in [1.54, 1.807) is 0 Å². The average molecular weight is 259 g/mol. The predicted molar refractivity (Wildman–Crippen MR) is 81.1 cm³/mol. The smallest absolute Gasteiger partial charge is 0.0763 e. The molecule has 0 bridgehead atoms. The van der Waals surface area contributed by atoms with Crippen molar-refractivity contribution >= 4 is 0 Å². The zero-order valence-corrected chi connectivity index (χ0v) is 11.6. The summed E-state index contributed by atoms with van der Waals surface area (Å²) >= 11 is 0. The molecular formula is C19H17N. The Morgan fingerprint density at radius 3 is 1.75 bits per heavy atom. The Morgan fingerprint density at radius 1 is 1.00 bits per heavy atom. The summed E-state index contributed by atoms with van der Waals surface area (Å²) in [4.78, 5) is 0. The van der Waals surface area contributed by atoms with Crippen molar-refractivity contribution in [1.29, 1.82) is 5.26 Å². The summed E-state index contributed by atoms with van der Waals surface area (Å²) in [5, 5.41) is 9.73. The van der Waals surface area contributed by atoms with Crippen LogP contribution >= 0.6 is 0 Å². The van der Waals surface area contributed by atoms with E-state index in [0.717, 1.165) is 0 Å². The number of allylic oxidation sites excluding steroid dienone is 1. The molecule has 1 nitrogen and oxygen atoms in total. The Kier molecular flexibility index (Phi) is 2.76. The van der Waals surface area contributed by atoms with Crippen LogP contribution in [-0.4, -0.2) is 0 Å². The minimum absolute atomic E-state index is 0.143. The Morgan fingerprint density at radius 2 is 1.45 bits per heavy atom. The molecule has 2 atom stereocenters. The van der Waals surface area contributed by atoms with Crippen molar-refractivity contribution in [1.82, 2.24) is 0 Å². The van der Waals surface area contributed by atoms with Gasteiger partial charge in [-0.05, 0) is 18.1 Å². The van der Waals surface area contributed by atoms with Crippen molar-refractivity contribution in [3.63, 3.8) is 0 Å². The summed E-state index contributed by atoms with van der Waals surface area (Å²) in [7, 11) is 0. The van der Waals surface area contributed by atoms with Gasteiger partial charge in [0.1, 0.15) is 0 Å². The Hall–Kier alpha value is -2.33. The van der Waals surface area contributed by atoms with Crippen molar-refractivity contribution in [2.75, 3.05) is 0 Å². The van der Waals surface area contributed by atoms with Crippen molar-refractivity contribution in [3.05, 3.63) is 84.4 Å². The van der Waals surface area contributed by atoms with E-state index in [-0.39, 0.29) is 11.3 Å². The average Bonchev–Trinajstić information content (AvgIpc) is 3.09. The van der Waals surface area contributed by atoms with Crippen LogP contribution in [0.4, 0.5) is 0 Å². The Labute approximate surface area is 120 Å². The summed E-state index contributed by atoms with van der Waals surface area (Å²) in [5.74, 6) is 0.143. The molecule has 3 rings (SSSR count). The molecule has 1 saturated carbocycles. The maximum absolute atomic E-state index is 9.73. The van der Waals surface area contributed by atoms with Crippen LogP contribution in [0.15, 0.2) is 73.3 Å². The van der Waals surface area contributed by atoms with E-state index in [1.807, 2.05) is 49.4 Å². The lowest BCUT2D eigenvalue weighted by Gasteiger charge is -2.20.